The third kappa shape index (κ3) is 9.39. The zero-order valence-electron chi connectivity index (χ0n) is 29.0. The van der Waals surface area contributed by atoms with Gasteiger partial charge in [-0.1, -0.05) is 42.5 Å². The first-order valence-electron chi connectivity index (χ1n) is 16.8. The van der Waals surface area contributed by atoms with Crippen molar-refractivity contribution in [2.75, 3.05) is 79.2 Å². The summed E-state index contributed by atoms with van der Waals surface area (Å²) in [5.41, 5.74) is 3.28. The molecule has 1 N–H and O–H groups in total. The summed E-state index contributed by atoms with van der Waals surface area (Å²) in [4.78, 5) is 28.0. The zero-order chi connectivity index (χ0) is 35.7. The smallest absolute Gasteiger partial charge is 0.411 e. The van der Waals surface area contributed by atoms with E-state index in [2.05, 4.69) is 26.9 Å². The first-order valence-corrected chi connectivity index (χ1v) is 16.8. The molecule has 0 aliphatic carbocycles. The third-order valence-electron chi connectivity index (χ3n) is 9.21. The number of fused-ring (bicyclic) bond motifs is 1. The van der Waals surface area contributed by atoms with E-state index in [4.69, 9.17) is 23.9 Å². The van der Waals surface area contributed by atoms with Crippen LogP contribution in [0, 0.1) is 0 Å². The number of para-hydroxylation sites is 2. The largest absolute Gasteiger partial charge is 0.493 e. The Morgan fingerprint density at radius 2 is 1.64 bits per heavy atom. The van der Waals surface area contributed by atoms with E-state index in [0.717, 1.165) is 55.5 Å². The zero-order valence-corrected chi connectivity index (χ0v) is 29.0. The first kappa shape index (κ1) is 36.8. The van der Waals surface area contributed by atoms with Gasteiger partial charge in [0.15, 0.2) is 11.5 Å². The van der Waals surface area contributed by atoms with E-state index in [1.165, 1.54) is 21.3 Å². The van der Waals surface area contributed by atoms with Crippen molar-refractivity contribution in [2.45, 2.75) is 37.4 Å². The number of amides is 1. The number of alkyl halides is 3. The Labute approximate surface area is 291 Å². The number of methoxy groups -OCH3 is 3. The van der Waals surface area contributed by atoms with Gasteiger partial charge in [0.2, 0.25) is 11.7 Å². The second-order valence-corrected chi connectivity index (χ2v) is 12.5. The predicted molar refractivity (Wildman–Crippen MR) is 187 cm³/mol. The molecule has 3 aromatic carbocycles. The van der Waals surface area contributed by atoms with Crippen LogP contribution in [0.25, 0.3) is 11.0 Å². The fourth-order valence-electron chi connectivity index (χ4n) is 6.61. The second kappa shape index (κ2) is 16.9. The van der Waals surface area contributed by atoms with E-state index in [1.54, 1.807) is 24.1 Å². The van der Waals surface area contributed by atoms with Crippen molar-refractivity contribution >= 4 is 22.9 Å². The molecular formula is C37H46F3N5O5. The van der Waals surface area contributed by atoms with Crippen LogP contribution in [-0.2, 0) is 4.74 Å². The predicted octanol–water partition coefficient (Wildman–Crippen LogP) is 6.38. The Balaban J connectivity index is 1.23. The van der Waals surface area contributed by atoms with Crippen molar-refractivity contribution in [3.63, 3.8) is 0 Å². The van der Waals surface area contributed by atoms with E-state index < -0.39 is 12.8 Å². The number of aromatic amines is 1. The highest BCUT2D eigenvalue weighted by Crippen LogP contribution is 2.38. The molecule has 2 heterocycles. The molecule has 0 bridgehead atoms. The van der Waals surface area contributed by atoms with Crippen molar-refractivity contribution in [1.29, 1.82) is 0 Å². The molecular weight excluding hydrogens is 651 g/mol. The van der Waals surface area contributed by atoms with Gasteiger partial charge in [0.25, 0.3) is 5.91 Å². The van der Waals surface area contributed by atoms with Gasteiger partial charge in [0.1, 0.15) is 6.61 Å². The molecule has 1 aliphatic rings. The summed E-state index contributed by atoms with van der Waals surface area (Å²) in [6, 6.07) is 21.3. The van der Waals surface area contributed by atoms with Crippen LogP contribution in [0.15, 0.2) is 66.7 Å². The van der Waals surface area contributed by atoms with Crippen LogP contribution in [0.4, 0.5) is 19.1 Å². The summed E-state index contributed by atoms with van der Waals surface area (Å²) in [6.07, 6.45) is -1.89. The number of nitrogens with zero attached hydrogens (tertiary/aromatic N) is 4. The number of carbonyl (C=O) groups is 1. The number of likely N-dealkylation sites (tertiary alicyclic amines) is 1. The first-order chi connectivity index (χ1) is 24.1. The van der Waals surface area contributed by atoms with Crippen LogP contribution in [-0.4, -0.2) is 112 Å². The summed E-state index contributed by atoms with van der Waals surface area (Å²) in [5.74, 6) is 1.83. The summed E-state index contributed by atoms with van der Waals surface area (Å²) in [6.45, 7) is 1.96. The highest BCUT2D eigenvalue weighted by Gasteiger charge is 2.30. The molecule has 50 heavy (non-hydrogen) atoms. The van der Waals surface area contributed by atoms with Gasteiger partial charge < -0.3 is 38.6 Å². The number of likely N-dealkylation sites (N-methyl/N-ethyl adjacent to an activating group) is 1. The number of nitrogens with one attached hydrogen (secondary N) is 1. The lowest BCUT2D eigenvalue weighted by molar-refractivity contribution is -0.173. The molecule has 1 aromatic heterocycles. The minimum absolute atomic E-state index is 0.0577. The van der Waals surface area contributed by atoms with E-state index in [-0.39, 0.29) is 24.5 Å². The van der Waals surface area contributed by atoms with Crippen molar-refractivity contribution in [1.82, 2.24) is 19.8 Å². The summed E-state index contributed by atoms with van der Waals surface area (Å²) >= 11 is 0. The topological polar surface area (TPSA) is 92.4 Å². The number of hydrogen-bond acceptors (Lipinski definition) is 8. The van der Waals surface area contributed by atoms with Crippen LogP contribution < -0.4 is 19.1 Å². The Morgan fingerprint density at radius 3 is 2.26 bits per heavy atom. The Bertz CT molecular complexity index is 1620. The lowest BCUT2D eigenvalue weighted by Gasteiger charge is -2.39. The number of aromatic nitrogens is 2. The monoisotopic (exact) mass is 697 g/mol. The maximum atomic E-state index is 13.7. The fraction of sp³-hybridized carbons (Fsp3) is 0.459. The lowest BCUT2D eigenvalue weighted by Crippen LogP contribution is -2.47. The molecule has 5 rings (SSSR count). The van der Waals surface area contributed by atoms with Crippen LogP contribution in [0.5, 0.6) is 17.2 Å². The average molecular weight is 698 g/mol. The van der Waals surface area contributed by atoms with Crippen LogP contribution in [0.1, 0.15) is 41.1 Å². The molecule has 4 aromatic rings. The quantitative estimate of drug-likeness (QED) is 0.135. The number of imidazole rings is 1. The van der Waals surface area contributed by atoms with Gasteiger partial charge >= 0.3 is 6.18 Å². The van der Waals surface area contributed by atoms with Gasteiger partial charge in [-0.3, -0.25) is 4.79 Å². The maximum Gasteiger partial charge on any atom is 0.411 e. The van der Waals surface area contributed by atoms with E-state index in [9.17, 15) is 18.0 Å². The van der Waals surface area contributed by atoms with Crippen LogP contribution >= 0.6 is 0 Å². The average Bonchev–Trinajstić information content (AvgIpc) is 3.56. The van der Waals surface area contributed by atoms with Crippen molar-refractivity contribution < 1.29 is 36.9 Å². The second-order valence-electron chi connectivity index (χ2n) is 12.5. The molecule has 10 nitrogen and oxygen atoms in total. The minimum Gasteiger partial charge on any atom is -0.493 e. The molecule has 1 aliphatic heterocycles. The standard InChI is InChI=1S/C37H46F3N5O5/c1-43(35(46)28-22-32(47-2)34(49-4)33(23-28)48-3)24-27(26-10-6-5-7-11-26)14-17-44-18-15-29(16-19-44)45(20-21-50-25-37(38,39)40)36-41-30-12-8-9-13-31(30)42-36/h5-13,22-23,27,29H,14-21,24-25H2,1-4H3,(H,41,42). The molecule has 270 valence electrons. The van der Waals surface area contributed by atoms with Gasteiger partial charge in [0, 0.05) is 50.7 Å². The summed E-state index contributed by atoms with van der Waals surface area (Å²) < 4.78 is 59.6. The highest BCUT2D eigenvalue weighted by atomic mass is 19.4. The Kier molecular flexibility index (Phi) is 12.5. The van der Waals surface area contributed by atoms with Crippen LogP contribution in [0.2, 0.25) is 0 Å². The minimum atomic E-state index is -4.37. The van der Waals surface area contributed by atoms with E-state index in [1.807, 2.05) is 42.5 Å². The number of rotatable bonds is 16. The molecule has 0 spiro atoms. The van der Waals surface area contributed by atoms with Crippen LogP contribution in [0.3, 0.4) is 0 Å². The molecule has 1 saturated heterocycles. The molecule has 1 amide bonds. The SMILES string of the molecule is COc1cc(C(=O)N(C)CC(CCN2CCC(N(CCOCC(F)(F)F)c3nc4ccccc4[nH]3)CC2)c2ccccc2)cc(OC)c1OC. The van der Waals surface area contributed by atoms with E-state index >= 15 is 0 Å². The number of H-pyrrole nitrogens is 1. The third-order valence-corrected chi connectivity index (χ3v) is 9.21. The number of ether oxygens (including phenoxy) is 4. The van der Waals surface area contributed by atoms with Gasteiger partial charge in [-0.15, -0.1) is 0 Å². The molecule has 1 unspecified atom stereocenters. The van der Waals surface area contributed by atoms with E-state index in [0.29, 0.717) is 41.8 Å². The van der Waals surface area contributed by atoms with Gasteiger partial charge in [0.05, 0.1) is 39.0 Å². The van der Waals surface area contributed by atoms with Gasteiger partial charge in [-0.25, -0.2) is 4.98 Å². The van der Waals surface area contributed by atoms with Gasteiger partial charge in [-0.2, -0.15) is 13.2 Å². The summed E-state index contributed by atoms with van der Waals surface area (Å²) in [7, 11) is 6.37. The van der Waals surface area contributed by atoms with Gasteiger partial charge in [-0.05, 0) is 55.6 Å². The number of benzene rings is 3. The number of carbonyl (C=O) groups excluding carboxylic acids is 1. The number of piperidine rings is 1. The summed E-state index contributed by atoms with van der Waals surface area (Å²) in [5, 5.41) is 0. The number of anilines is 1. The number of hydrogen-bond donors (Lipinski definition) is 1. The molecule has 1 fully saturated rings. The Hall–Kier alpha value is -4.49. The van der Waals surface area contributed by atoms with Crippen molar-refractivity contribution in [3.8, 4) is 17.2 Å². The lowest BCUT2D eigenvalue weighted by atomic mass is 9.94. The fourth-order valence-corrected chi connectivity index (χ4v) is 6.61. The molecule has 0 radical (unpaired) electrons. The molecule has 0 saturated carbocycles. The van der Waals surface area contributed by atoms with Crippen molar-refractivity contribution in [2.24, 2.45) is 0 Å². The maximum absolute atomic E-state index is 13.7. The molecule has 13 heteroatoms. The molecule has 1 atom stereocenters. The number of halogens is 3. The normalized spacial score (nSPS) is 14.8. The van der Waals surface area contributed by atoms with Crippen molar-refractivity contribution in [3.05, 3.63) is 77.9 Å². The Morgan fingerprint density at radius 1 is 0.980 bits per heavy atom. The highest BCUT2D eigenvalue weighted by molar-refractivity contribution is 5.95.